The molecule has 3 N–H and O–H groups in total. The molecule has 30 heavy (non-hydrogen) atoms. The average molecular weight is 435 g/mol. The average Bonchev–Trinajstić information content (AvgIpc) is 3.40. The summed E-state index contributed by atoms with van der Waals surface area (Å²) >= 11 is 1.58. The lowest BCUT2D eigenvalue weighted by Gasteiger charge is -2.36. The van der Waals surface area contributed by atoms with E-state index >= 15 is 0 Å². The Bertz CT molecular complexity index is 1010. The number of aromatic nitrogens is 3. The predicted octanol–water partition coefficient (Wildman–Crippen LogP) is 1.29. The molecular weight excluding hydrogens is 418 g/mol. The van der Waals surface area contributed by atoms with Gasteiger partial charge in [-0.15, -0.1) is 11.3 Å². The van der Waals surface area contributed by atoms with E-state index in [2.05, 4.69) is 20.6 Å². The molecule has 1 saturated heterocycles. The van der Waals surface area contributed by atoms with Crippen molar-refractivity contribution in [2.24, 2.45) is 0 Å². The number of aryl methyl sites for hydroxylation is 1. The molecule has 3 aromatic heterocycles. The van der Waals surface area contributed by atoms with Crippen LogP contribution in [0.25, 0.3) is 10.7 Å². The van der Waals surface area contributed by atoms with Crippen LogP contribution in [0.15, 0.2) is 32.6 Å². The first-order chi connectivity index (χ1) is 14.3. The van der Waals surface area contributed by atoms with Crippen molar-refractivity contribution < 1.29 is 33.6 Å². The molecule has 4 heterocycles. The molecule has 1 fully saturated rings. The first-order valence-electron chi connectivity index (χ1n) is 8.61. The zero-order valence-corrected chi connectivity index (χ0v) is 16.5. The monoisotopic (exact) mass is 435 g/mol. The molecule has 158 valence electrons. The number of likely N-dealkylation sites (tertiary alicyclic amines) is 1. The Labute approximate surface area is 173 Å². The topological polar surface area (TPSA) is 172 Å². The second-order valence-corrected chi connectivity index (χ2v) is 7.25. The Kier molecular flexibility index (Phi) is 6.54. The highest BCUT2D eigenvalue weighted by molar-refractivity contribution is 7.13. The predicted molar refractivity (Wildman–Crippen MR) is 102 cm³/mol. The van der Waals surface area contributed by atoms with Gasteiger partial charge in [0.15, 0.2) is 5.82 Å². The maximum Gasteiger partial charge on any atom is 0.414 e. The number of rotatable bonds is 5. The molecule has 4 rings (SSSR count). The van der Waals surface area contributed by atoms with Gasteiger partial charge in [0, 0.05) is 19.2 Å². The van der Waals surface area contributed by atoms with Crippen molar-refractivity contribution in [3.63, 3.8) is 0 Å². The highest BCUT2D eigenvalue weighted by atomic mass is 32.1. The van der Waals surface area contributed by atoms with Crippen LogP contribution in [-0.2, 0) is 14.4 Å². The van der Waals surface area contributed by atoms with Crippen molar-refractivity contribution in [1.82, 2.24) is 20.2 Å². The highest BCUT2D eigenvalue weighted by Crippen LogP contribution is 2.28. The summed E-state index contributed by atoms with van der Waals surface area (Å²) in [7, 11) is 0. The van der Waals surface area contributed by atoms with Crippen LogP contribution in [0.1, 0.15) is 17.6 Å². The van der Waals surface area contributed by atoms with Gasteiger partial charge < -0.3 is 24.6 Å². The van der Waals surface area contributed by atoms with Crippen molar-refractivity contribution >= 4 is 35.0 Å². The number of carboxylic acids is 2. The van der Waals surface area contributed by atoms with Gasteiger partial charge in [-0.3, -0.25) is 9.69 Å². The minimum atomic E-state index is -1.82. The van der Waals surface area contributed by atoms with Crippen molar-refractivity contribution in [3.05, 3.63) is 35.2 Å². The zero-order chi connectivity index (χ0) is 21.7. The van der Waals surface area contributed by atoms with Crippen LogP contribution in [0.2, 0.25) is 0 Å². The number of nitrogens with zero attached hydrogens (tertiary/aromatic N) is 4. The van der Waals surface area contributed by atoms with Crippen molar-refractivity contribution in [3.8, 4) is 10.7 Å². The van der Waals surface area contributed by atoms with Crippen LogP contribution in [0.4, 0.5) is 5.82 Å². The molecule has 0 aromatic carbocycles. The van der Waals surface area contributed by atoms with Crippen LogP contribution in [0, 0.1) is 6.92 Å². The fourth-order valence-corrected chi connectivity index (χ4v) is 3.22. The fourth-order valence-electron chi connectivity index (χ4n) is 2.57. The van der Waals surface area contributed by atoms with Crippen molar-refractivity contribution in [2.75, 3.05) is 25.0 Å². The van der Waals surface area contributed by atoms with E-state index in [1.807, 2.05) is 22.4 Å². The number of thiophene rings is 1. The molecule has 1 aliphatic heterocycles. The third-order valence-electron chi connectivity index (χ3n) is 3.94. The van der Waals surface area contributed by atoms with Crippen LogP contribution >= 0.6 is 11.3 Å². The van der Waals surface area contributed by atoms with E-state index in [-0.39, 0.29) is 11.8 Å². The fraction of sp³-hybridized carbons (Fsp3) is 0.294. The first kappa shape index (κ1) is 21.1. The third kappa shape index (κ3) is 5.48. The maximum atomic E-state index is 11.9. The standard InChI is InChI=1S/C15H15N5O3S.C2H2O4/c1-9-5-12(18-22-9)16-13(21)8-20-6-10(7-20)15-17-14(19-23-15)11-3-2-4-24-11;3-1(4)2(5)6/h2-5,10H,6-8H2,1H3,(H,16,18,21);(H,3,4)(H,5,6). The van der Waals surface area contributed by atoms with Gasteiger partial charge in [-0.25, -0.2) is 9.59 Å². The molecule has 0 radical (unpaired) electrons. The van der Waals surface area contributed by atoms with E-state index in [4.69, 9.17) is 28.8 Å². The third-order valence-corrected chi connectivity index (χ3v) is 4.80. The molecule has 13 heteroatoms. The van der Waals surface area contributed by atoms with Gasteiger partial charge in [-0.05, 0) is 18.4 Å². The minimum absolute atomic E-state index is 0.119. The van der Waals surface area contributed by atoms with Gasteiger partial charge in [0.1, 0.15) is 5.76 Å². The normalized spacial score (nSPS) is 13.8. The van der Waals surface area contributed by atoms with E-state index in [0.717, 1.165) is 18.0 Å². The number of amides is 1. The SMILES string of the molecule is Cc1cc(NC(=O)CN2CC(c3nc(-c4cccs4)no3)C2)no1.O=C(O)C(=O)O. The van der Waals surface area contributed by atoms with Crippen molar-refractivity contribution in [2.45, 2.75) is 12.8 Å². The summed E-state index contributed by atoms with van der Waals surface area (Å²) in [6.45, 7) is 3.51. The Morgan fingerprint density at radius 1 is 1.23 bits per heavy atom. The molecule has 0 unspecified atom stereocenters. The molecule has 1 aliphatic rings. The van der Waals surface area contributed by atoms with Crippen molar-refractivity contribution in [1.29, 1.82) is 0 Å². The Hall–Kier alpha value is -3.58. The summed E-state index contributed by atoms with van der Waals surface area (Å²) in [6, 6.07) is 5.60. The number of hydrogen-bond acceptors (Lipinski definition) is 10. The molecule has 0 bridgehead atoms. The summed E-state index contributed by atoms with van der Waals surface area (Å²) in [5, 5.41) is 27.2. The molecular formula is C17H17N5O7S. The van der Waals surface area contributed by atoms with Gasteiger partial charge in [0.2, 0.25) is 17.6 Å². The van der Waals surface area contributed by atoms with Gasteiger partial charge in [-0.1, -0.05) is 16.4 Å². The van der Waals surface area contributed by atoms with Gasteiger partial charge in [-0.2, -0.15) is 4.98 Å². The number of hydrogen-bond donors (Lipinski definition) is 3. The lowest BCUT2D eigenvalue weighted by atomic mass is 10.0. The van der Waals surface area contributed by atoms with E-state index in [0.29, 0.717) is 29.8 Å². The summed E-state index contributed by atoms with van der Waals surface area (Å²) < 4.78 is 10.3. The van der Waals surface area contributed by atoms with Crippen LogP contribution < -0.4 is 5.32 Å². The molecule has 12 nitrogen and oxygen atoms in total. The lowest BCUT2D eigenvalue weighted by Crippen LogP contribution is -2.48. The molecule has 3 aromatic rings. The molecule has 1 amide bonds. The van der Waals surface area contributed by atoms with E-state index in [9.17, 15) is 4.79 Å². The molecule has 0 aliphatic carbocycles. The Morgan fingerprint density at radius 2 is 1.97 bits per heavy atom. The second kappa shape index (κ2) is 9.28. The number of anilines is 1. The van der Waals surface area contributed by atoms with Gasteiger partial charge in [0.05, 0.1) is 17.3 Å². The maximum absolute atomic E-state index is 11.9. The summed E-state index contributed by atoms with van der Waals surface area (Å²) in [4.78, 5) is 37.6. The van der Waals surface area contributed by atoms with E-state index in [1.165, 1.54) is 0 Å². The van der Waals surface area contributed by atoms with Crippen LogP contribution in [0.3, 0.4) is 0 Å². The molecule has 0 spiro atoms. The number of carbonyl (C=O) groups excluding carboxylic acids is 1. The smallest absolute Gasteiger partial charge is 0.414 e. The lowest BCUT2D eigenvalue weighted by molar-refractivity contribution is -0.159. The first-order valence-corrected chi connectivity index (χ1v) is 9.49. The Balaban J connectivity index is 0.000000377. The largest absolute Gasteiger partial charge is 0.473 e. The second-order valence-electron chi connectivity index (χ2n) is 6.31. The highest BCUT2D eigenvalue weighted by Gasteiger charge is 2.33. The van der Waals surface area contributed by atoms with Gasteiger partial charge >= 0.3 is 11.9 Å². The van der Waals surface area contributed by atoms with E-state index < -0.39 is 11.9 Å². The van der Waals surface area contributed by atoms with Crippen LogP contribution in [0.5, 0.6) is 0 Å². The van der Waals surface area contributed by atoms with E-state index in [1.54, 1.807) is 24.3 Å². The summed E-state index contributed by atoms with van der Waals surface area (Å²) in [5.41, 5.74) is 0. The summed E-state index contributed by atoms with van der Waals surface area (Å²) in [5.74, 6) is -1.25. The molecule has 0 atom stereocenters. The molecule has 0 saturated carbocycles. The number of nitrogens with one attached hydrogen (secondary N) is 1. The number of carboxylic acid groups (broad SMARTS) is 2. The zero-order valence-electron chi connectivity index (χ0n) is 15.6. The minimum Gasteiger partial charge on any atom is -0.473 e. The Morgan fingerprint density at radius 3 is 2.53 bits per heavy atom. The van der Waals surface area contributed by atoms with Crippen LogP contribution in [-0.4, -0.2) is 67.9 Å². The van der Waals surface area contributed by atoms with Gasteiger partial charge in [0.25, 0.3) is 0 Å². The number of aliphatic carboxylic acids is 2. The quantitative estimate of drug-likeness (QED) is 0.493. The number of carbonyl (C=O) groups is 3. The summed E-state index contributed by atoms with van der Waals surface area (Å²) in [6.07, 6.45) is 0.